The Hall–Kier alpha value is -2.00. The topological polar surface area (TPSA) is 108 Å². The number of ether oxygens (including phenoxy) is 4. The molecular formula is C16H23NO8. The summed E-state index contributed by atoms with van der Waals surface area (Å²) in [5, 5.41) is 0. The Morgan fingerprint density at radius 3 is 2.36 bits per heavy atom. The molecule has 9 nitrogen and oxygen atoms in total. The first-order valence-electron chi connectivity index (χ1n) is 7.81. The van der Waals surface area contributed by atoms with E-state index in [0.29, 0.717) is 4.90 Å². The van der Waals surface area contributed by atoms with Crippen LogP contribution in [0.3, 0.4) is 0 Å². The van der Waals surface area contributed by atoms with Crippen molar-refractivity contribution in [2.24, 2.45) is 5.92 Å². The molecule has 2 rings (SSSR count). The van der Waals surface area contributed by atoms with E-state index in [1.54, 1.807) is 20.8 Å². The van der Waals surface area contributed by atoms with Crippen LogP contribution in [0.5, 0.6) is 0 Å². The van der Waals surface area contributed by atoms with Gasteiger partial charge in [0.1, 0.15) is 11.2 Å². The maximum atomic E-state index is 12.9. The lowest BCUT2D eigenvalue weighted by Gasteiger charge is -2.39. The van der Waals surface area contributed by atoms with Crippen LogP contribution in [0, 0.1) is 5.92 Å². The summed E-state index contributed by atoms with van der Waals surface area (Å²) in [6.07, 6.45) is -1.59. The van der Waals surface area contributed by atoms with E-state index < -0.39 is 46.9 Å². The first-order valence-corrected chi connectivity index (χ1v) is 7.81. The minimum absolute atomic E-state index is 0.0950. The van der Waals surface area contributed by atoms with Crippen molar-refractivity contribution in [1.29, 1.82) is 0 Å². The fourth-order valence-corrected chi connectivity index (χ4v) is 3.42. The van der Waals surface area contributed by atoms with Crippen molar-refractivity contribution in [3.05, 3.63) is 0 Å². The highest BCUT2D eigenvalue weighted by Crippen LogP contribution is 2.52. The predicted molar refractivity (Wildman–Crippen MR) is 82.3 cm³/mol. The van der Waals surface area contributed by atoms with E-state index in [1.807, 2.05) is 0 Å². The zero-order valence-corrected chi connectivity index (χ0v) is 15.2. The fraction of sp³-hybridized carbons (Fsp3) is 0.750. The quantitative estimate of drug-likeness (QED) is 0.411. The molecule has 0 aromatic rings. The maximum Gasteiger partial charge on any atom is 0.418 e. The van der Waals surface area contributed by atoms with Crippen LogP contribution in [0.25, 0.3) is 0 Å². The standard InChI is InChI=1S/C16H23NO8/c1-14(2,3)25-13(21)17-11(19)9-7-10(22-5)24-15(9,4)16(17,8-18)12(20)23-6/h8-10H,7H2,1-6H3/t9?,10-,15+,16+/m1/s1. The van der Waals surface area contributed by atoms with Gasteiger partial charge in [0.25, 0.3) is 0 Å². The average Bonchev–Trinajstić information content (AvgIpc) is 2.94. The molecule has 0 bridgehead atoms. The normalized spacial score (nSPS) is 34.6. The summed E-state index contributed by atoms with van der Waals surface area (Å²) in [6.45, 7) is 6.23. The summed E-state index contributed by atoms with van der Waals surface area (Å²) < 4.78 is 20.8. The van der Waals surface area contributed by atoms with E-state index in [1.165, 1.54) is 14.0 Å². The molecule has 0 radical (unpaired) electrons. The number of fused-ring (bicyclic) bond motifs is 1. The Balaban J connectivity index is 2.60. The van der Waals surface area contributed by atoms with E-state index in [2.05, 4.69) is 0 Å². The molecule has 2 saturated heterocycles. The number of methoxy groups -OCH3 is 2. The lowest BCUT2D eigenvalue weighted by molar-refractivity contribution is -0.196. The summed E-state index contributed by atoms with van der Waals surface area (Å²) in [6, 6.07) is 0. The second-order valence-corrected chi connectivity index (χ2v) is 7.21. The highest BCUT2D eigenvalue weighted by atomic mass is 16.7. The van der Waals surface area contributed by atoms with Gasteiger partial charge in [0.15, 0.2) is 12.6 Å². The summed E-state index contributed by atoms with van der Waals surface area (Å²) in [7, 11) is 2.44. The molecule has 2 aliphatic heterocycles. The van der Waals surface area contributed by atoms with Crippen molar-refractivity contribution in [2.75, 3.05) is 14.2 Å². The summed E-state index contributed by atoms with van der Waals surface area (Å²) in [5.41, 5.74) is -4.85. The molecule has 2 heterocycles. The van der Waals surface area contributed by atoms with Gasteiger partial charge in [0.05, 0.1) is 13.0 Å². The highest BCUT2D eigenvalue weighted by molar-refractivity contribution is 6.13. The third kappa shape index (κ3) is 2.62. The first kappa shape index (κ1) is 19.3. The Kier molecular flexibility index (Phi) is 4.69. The van der Waals surface area contributed by atoms with E-state index in [0.717, 1.165) is 7.11 Å². The lowest BCUT2D eigenvalue weighted by Crippen LogP contribution is -2.67. The summed E-state index contributed by atoms with van der Waals surface area (Å²) in [4.78, 5) is 50.7. The van der Waals surface area contributed by atoms with Crippen LogP contribution in [0.2, 0.25) is 0 Å². The number of aldehydes is 1. The van der Waals surface area contributed by atoms with Gasteiger partial charge < -0.3 is 18.9 Å². The van der Waals surface area contributed by atoms with Gasteiger partial charge in [-0.25, -0.2) is 14.5 Å². The molecule has 0 saturated carbocycles. The van der Waals surface area contributed by atoms with Crippen LogP contribution in [-0.2, 0) is 33.3 Å². The first-order chi connectivity index (χ1) is 11.5. The Bertz CT molecular complexity index is 612. The molecule has 0 spiro atoms. The highest BCUT2D eigenvalue weighted by Gasteiger charge is 2.77. The van der Waals surface area contributed by atoms with Crippen LogP contribution >= 0.6 is 0 Å². The third-order valence-electron chi connectivity index (χ3n) is 4.60. The number of carbonyl (C=O) groups is 4. The van der Waals surface area contributed by atoms with E-state index in [-0.39, 0.29) is 12.7 Å². The van der Waals surface area contributed by atoms with Gasteiger partial charge in [-0.05, 0) is 27.7 Å². The molecule has 0 N–H and O–H groups in total. The van der Waals surface area contributed by atoms with Gasteiger partial charge >= 0.3 is 12.1 Å². The Labute approximate surface area is 145 Å². The van der Waals surface area contributed by atoms with Gasteiger partial charge in [-0.3, -0.25) is 9.59 Å². The summed E-state index contributed by atoms with van der Waals surface area (Å²) >= 11 is 0. The van der Waals surface area contributed by atoms with Crippen LogP contribution in [0.1, 0.15) is 34.1 Å². The molecule has 2 fully saturated rings. The van der Waals surface area contributed by atoms with E-state index in [4.69, 9.17) is 18.9 Å². The van der Waals surface area contributed by atoms with E-state index in [9.17, 15) is 19.2 Å². The van der Waals surface area contributed by atoms with Gasteiger partial charge in [0.2, 0.25) is 11.4 Å². The van der Waals surface area contributed by atoms with Crippen molar-refractivity contribution >= 4 is 24.3 Å². The van der Waals surface area contributed by atoms with Crippen LogP contribution in [0.4, 0.5) is 4.79 Å². The zero-order valence-electron chi connectivity index (χ0n) is 15.2. The van der Waals surface area contributed by atoms with Crippen molar-refractivity contribution in [3.8, 4) is 0 Å². The number of esters is 1. The number of amides is 2. The molecule has 4 atom stereocenters. The predicted octanol–water partition coefficient (Wildman–Crippen LogP) is 0.642. The Morgan fingerprint density at radius 2 is 1.92 bits per heavy atom. The van der Waals surface area contributed by atoms with Crippen molar-refractivity contribution in [2.45, 2.75) is 57.1 Å². The number of carbonyl (C=O) groups excluding carboxylic acids is 4. The number of rotatable bonds is 3. The Morgan fingerprint density at radius 1 is 1.32 bits per heavy atom. The molecule has 0 aliphatic carbocycles. The van der Waals surface area contributed by atoms with Crippen molar-refractivity contribution in [3.63, 3.8) is 0 Å². The molecule has 0 aromatic carbocycles. The second-order valence-electron chi connectivity index (χ2n) is 7.21. The number of imide groups is 1. The van der Waals surface area contributed by atoms with Crippen molar-refractivity contribution < 1.29 is 38.1 Å². The molecule has 9 heteroatoms. The number of hydrogen-bond acceptors (Lipinski definition) is 8. The smallest absolute Gasteiger partial charge is 0.418 e. The average molecular weight is 357 g/mol. The number of hydrogen-bond donors (Lipinski definition) is 0. The molecular weight excluding hydrogens is 334 g/mol. The molecule has 0 aromatic heterocycles. The maximum absolute atomic E-state index is 12.9. The molecule has 140 valence electrons. The van der Waals surface area contributed by atoms with Gasteiger partial charge in [0, 0.05) is 13.5 Å². The van der Waals surface area contributed by atoms with Crippen molar-refractivity contribution in [1.82, 2.24) is 4.90 Å². The summed E-state index contributed by atoms with van der Waals surface area (Å²) in [5.74, 6) is -2.76. The minimum atomic E-state index is -2.29. The SMILES string of the molecule is COC(=O)[C@]1(C=O)N(C(=O)OC(C)(C)C)C(=O)C2C[C@H](OC)O[C@@]21C. The van der Waals surface area contributed by atoms with Crippen LogP contribution < -0.4 is 0 Å². The van der Waals surface area contributed by atoms with Crippen LogP contribution in [-0.4, -0.2) is 66.4 Å². The molecule has 2 amide bonds. The monoisotopic (exact) mass is 357 g/mol. The third-order valence-corrected chi connectivity index (χ3v) is 4.60. The van der Waals surface area contributed by atoms with E-state index >= 15 is 0 Å². The molecule has 1 unspecified atom stereocenters. The van der Waals surface area contributed by atoms with Gasteiger partial charge in [-0.15, -0.1) is 0 Å². The fourth-order valence-electron chi connectivity index (χ4n) is 3.42. The number of nitrogens with zero attached hydrogens (tertiary/aromatic N) is 1. The minimum Gasteiger partial charge on any atom is -0.467 e. The lowest BCUT2D eigenvalue weighted by atomic mass is 9.77. The largest absolute Gasteiger partial charge is 0.467 e. The number of likely N-dealkylation sites (tertiary alicyclic amines) is 1. The molecule has 25 heavy (non-hydrogen) atoms. The van der Waals surface area contributed by atoms with Gasteiger partial charge in [-0.1, -0.05) is 0 Å². The van der Waals surface area contributed by atoms with Crippen LogP contribution in [0.15, 0.2) is 0 Å². The second kappa shape index (κ2) is 6.06. The zero-order chi connectivity index (χ0) is 19.2. The van der Waals surface area contributed by atoms with Gasteiger partial charge in [-0.2, -0.15) is 0 Å². The molecule has 2 aliphatic rings.